The molecule has 2 heterocycles. The number of carbonyl (C=O) groups excluding carboxylic acids is 1. The molecule has 3 rings (SSSR count). The standard InChI is InChI=1S/C17H23FN2O3S/c1-24(22,23)20-14-7-8-15(20)11-13(10-14)19-17(21)9-6-12-4-2-3-5-16(12)18/h2-5,13-15H,6-11H2,1H3,(H,19,21). The zero-order valence-electron chi connectivity index (χ0n) is 13.7. The van der Waals surface area contributed by atoms with Gasteiger partial charge in [0.05, 0.1) is 6.26 Å². The molecule has 1 aromatic carbocycles. The first-order valence-corrected chi connectivity index (χ1v) is 10.2. The topological polar surface area (TPSA) is 66.5 Å². The maximum Gasteiger partial charge on any atom is 0.220 e. The van der Waals surface area contributed by atoms with Crippen molar-refractivity contribution in [2.24, 2.45) is 0 Å². The molecule has 1 aromatic rings. The predicted octanol–water partition coefficient (Wildman–Crippen LogP) is 1.83. The third kappa shape index (κ3) is 3.78. The molecule has 0 radical (unpaired) electrons. The molecule has 2 atom stereocenters. The molecule has 0 aromatic heterocycles. The van der Waals surface area contributed by atoms with Crippen LogP contribution in [0.3, 0.4) is 0 Å². The van der Waals surface area contributed by atoms with Crippen molar-refractivity contribution in [1.82, 2.24) is 9.62 Å². The number of piperidine rings is 1. The fourth-order valence-electron chi connectivity index (χ4n) is 4.04. The minimum absolute atomic E-state index is 0.00406. The number of fused-ring (bicyclic) bond motifs is 2. The second-order valence-electron chi connectivity index (χ2n) is 6.81. The molecule has 2 unspecified atom stereocenters. The van der Waals surface area contributed by atoms with Gasteiger partial charge in [0.25, 0.3) is 0 Å². The summed E-state index contributed by atoms with van der Waals surface area (Å²) in [5.74, 6) is -0.389. The molecular weight excluding hydrogens is 331 g/mol. The van der Waals surface area contributed by atoms with E-state index in [0.717, 1.165) is 12.8 Å². The van der Waals surface area contributed by atoms with Crippen molar-refractivity contribution in [3.63, 3.8) is 0 Å². The summed E-state index contributed by atoms with van der Waals surface area (Å²) >= 11 is 0. The van der Waals surface area contributed by atoms with Gasteiger partial charge in [0.15, 0.2) is 0 Å². The Morgan fingerprint density at radius 2 is 1.88 bits per heavy atom. The molecular formula is C17H23FN2O3S. The van der Waals surface area contributed by atoms with E-state index < -0.39 is 10.0 Å². The Labute approximate surface area is 142 Å². The van der Waals surface area contributed by atoms with Crippen LogP contribution in [0.4, 0.5) is 4.39 Å². The van der Waals surface area contributed by atoms with Gasteiger partial charge in [-0.15, -0.1) is 0 Å². The van der Waals surface area contributed by atoms with Crippen molar-refractivity contribution in [3.8, 4) is 0 Å². The number of sulfonamides is 1. The molecule has 0 aliphatic carbocycles. The van der Waals surface area contributed by atoms with Crippen LogP contribution in [0.15, 0.2) is 24.3 Å². The summed E-state index contributed by atoms with van der Waals surface area (Å²) in [6.07, 6.45) is 4.91. The zero-order chi connectivity index (χ0) is 17.3. The number of hydrogen-bond acceptors (Lipinski definition) is 3. The Kier molecular flexibility index (Phi) is 4.92. The van der Waals surface area contributed by atoms with Crippen LogP contribution in [0.2, 0.25) is 0 Å². The number of carbonyl (C=O) groups is 1. The number of benzene rings is 1. The van der Waals surface area contributed by atoms with Gasteiger partial charge >= 0.3 is 0 Å². The smallest absolute Gasteiger partial charge is 0.220 e. The number of aryl methyl sites for hydroxylation is 1. The second kappa shape index (κ2) is 6.80. The van der Waals surface area contributed by atoms with Gasteiger partial charge in [0, 0.05) is 24.5 Å². The highest BCUT2D eigenvalue weighted by Gasteiger charge is 2.45. The summed E-state index contributed by atoms with van der Waals surface area (Å²) < 4.78 is 38.9. The van der Waals surface area contributed by atoms with Crippen LogP contribution >= 0.6 is 0 Å². The minimum atomic E-state index is -3.19. The normalized spacial score (nSPS) is 27.2. The number of halogens is 1. The van der Waals surface area contributed by atoms with Crippen LogP contribution in [-0.2, 0) is 21.2 Å². The fraction of sp³-hybridized carbons (Fsp3) is 0.588. The van der Waals surface area contributed by atoms with Gasteiger partial charge in [0.1, 0.15) is 5.82 Å². The van der Waals surface area contributed by atoms with Crippen molar-refractivity contribution in [2.45, 2.75) is 56.7 Å². The Balaban J connectivity index is 1.53. The summed E-state index contributed by atoms with van der Waals surface area (Å²) in [6, 6.07) is 6.47. The first-order chi connectivity index (χ1) is 11.3. The number of nitrogens with zero attached hydrogens (tertiary/aromatic N) is 1. The fourth-order valence-corrected chi connectivity index (χ4v) is 5.51. The molecule has 7 heteroatoms. The van der Waals surface area contributed by atoms with Gasteiger partial charge in [-0.1, -0.05) is 18.2 Å². The van der Waals surface area contributed by atoms with E-state index in [-0.39, 0.29) is 36.3 Å². The molecule has 5 nitrogen and oxygen atoms in total. The van der Waals surface area contributed by atoms with E-state index in [4.69, 9.17) is 0 Å². The minimum Gasteiger partial charge on any atom is -0.353 e. The number of rotatable bonds is 5. The third-order valence-electron chi connectivity index (χ3n) is 4.99. The van der Waals surface area contributed by atoms with E-state index >= 15 is 0 Å². The summed E-state index contributed by atoms with van der Waals surface area (Å²) in [4.78, 5) is 12.1. The summed E-state index contributed by atoms with van der Waals surface area (Å²) in [7, 11) is -3.19. The Bertz CT molecular complexity index is 708. The van der Waals surface area contributed by atoms with Crippen LogP contribution in [0.5, 0.6) is 0 Å². The lowest BCUT2D eigenvalue weighted by atomic mass is 9.99. The van der Waals surface area contributed by atoms with E-state index in [1.165, 1.54) is 12.3 Å². The summed E-state index contributed by atoms with van der Waals surface area (Å²) in [5, 5.41) is 3.00. The predicted molar refractivity (Wildman–Crippen MR) is 89.4 cm³/mol. The lowest BCUT2D eigenvalue weighted by Crippen LogP contribution is -2.52. The van der Waals surface area contributed by atoms with Crippen molar-refractivity contribution in [2.75, 3.05) is 6.26 Å². The highest BCUT2D eigenvalue weighted by molar-refractivity contribution is 7.88. The molecule has 0 saturated carbocycles. The van der Waals surface area contributed by atoms with Crippen molar-refractivity contribution in [1.29, 1.82) is 0 Å². The first kappa shape index (κ1) is 17.4. The van der Waals surface area contributed by atoms with E-state index in [1.54, 1.807) is 22.5 Å². The van der Waals surface area contributed by atoms with E-state index in [0.29, 0.717) is 24.8 Å². The average Bonchev–Trinajstić information content (AvgIpc) is 2.79. The van der Waals surface area contributed by atoms with Gasteiger partial charge in [-0.05, 0) is 43.7 Å². The lowest BCUT2D eigenvalue weighted by Gasteiger charge is -2.37. The molecule has 2 aliphatic rings. The quantitative estimate of drug-likeness (QED) is 0.877. The Morgan fingerprint density at radius 1 is 1.25 bits per heavy atom. The average molecular weight is 354 g/mol. The van der Waals surface area contributed by atoms with Crippen molar-refractivity contribution in [3.05, 3.63) is 35.6 Å². The number of nitrogens with one attached hydrogen (secondary N) is 1. The Hall–Kier alpha value is -1.47. The van der Waals surface area contributed by atoms with Crippen LogP contribution in [-0.4, -0.2) is 43.0 Å². The number of hydrogen-bond donors (Lipinski definition) is 1. The lowest BCUT2D eigenvalue weighted by molar-refractivity contribution is -0.122. The molecule has 2 aliphatic heterocycles. The third-order valence-corrected chi connectivity index (χ3v) is 6.36. The molecule has 0 spiro atoms. The van der Waals surface area contributed by atoms with Gasteiger partial charge in [-0.2, -0.15) is 4.31 Å². The van der Waals surface area contributed by atoms with Gasteiger partial charge in [-0.3, -0.25) is 4.79 Å². The van der Waals surface area contributed by atoms with E-state index in [2.05, 4.69) is 5.32 Å². The van der Waals surface area contributed by atoms with Gasteiger partial charge in [0.2, 0.25) is 15.9 Å². The van der Waals surface area contributed by atoms with Crippen molar-refractivity contribution < 1.29 is 17.6 Å². The maximum atomic E-state index is 13.6. The van der Waals surface area contributed by atoms with Gasteiger partial charge in [-0.25, -0.2) is 12.8 Å². The van der Waals surface area contributed by atoms with E-state index in [9.17, 15) is 17.6 Å². The SMILES string of the molecule is CS(=O)(=O)N1C2CCC1CC(NC(=O)CCc1ccccc1F)C2. The first-order valence-electron chi connectivity index (χ1n) is 8.36. The molecule has 1 N–H and O–H groups in total. The monoisotopic (exact) mass is 354 g/mol. The van der Waals surface area contributed by atoms with Gasteiger partial charge < -0.3 is 5.32 Å². The maximum absolute atomic E-state index is 13.6. The van der Waals surface area contributed by atoms with Crippen LogP contribution in [0.1, 0.15) is 37.7 Å². The molecule has 2 saturated heterocycles. The van der Waals surface area contributed by atoms with Crippen LogP contribution in [0, 0.1) is 5.82 Å². The molecule has 132 valence electrons. The van der Waals surface area contributed by atoms with Crippen LogP contribution < -0.4 is 5.32 Å². The Morgan fingerprint density at radius 3 is 2.46 bits per heavy atom. The van der Waals surface area contributed by atoms with Crippen molar-refractivity contribution >= 4 is 15.9 Å². The molecule has 1 amide bonds. The summed E-state index contributed by atoms with van der Waals surface area (Å²) in [5.41, 5.74) is 0.541. The second-order valence-corrected chi connectivity index (χ2v) is 8.69. The highest BCUT2D eigenvalue weighted by atomic mass is 32.2. The van der Waals surface area contributed by atoms with E-state index in [1.807, 2.05) is 0 Å². The highest BCUT2D eigenvalue weighted by Crippen LogP contribution is 2.37. The largest absolute Gasteiger partial charge is 0.353 e. The zero-order valence-corrected chi connectivity index (χ0v) is 14.6. The molecule has 24 heavy (non-hydrogen) atoms. The number of amides is 1. The molecule has 2 fully saturated rings. The molecule has 2 bridgehead atoms. The van der Waals surface area contributed by atoms with Crippen LogP contribution in [0.25, 0.3) is 0 Å². The summed E-state index contributed by atoms with van der Waals surface area (Å²) in [6.45, 7) is 0.